The Morgan fingerprint density at radius 2 is 1.85 bits per heavy atom. The van der Waals surface area contributed by atoms with E-state index in [2.05, 4.69) is 0 Å². The van der Waals surface area contributed by atoms with Crippen LogP contribution in [0.3, 0.4) is 0 Å². The van der Waals surface area contributed by atoms with Crippen LogP contribution in [0.1, 0.15) is 23.3 Å². The van der Waals surface area contributed by atoms with Gasteiger partial charge in [-0.1, -0.05) is 23.8 Å². The monoisotopic (exact) mass is 363 g/mol. The third-order valence-corrected chi connectivity index (χ3v) is 4.61. The largest absolute Gasteiger partial charge is 0.467 e. The molecule has 5 nitrogen and oxygen atoms in total. The maximum atomic E-state index is 13.0. The van der Waals surface area contributed by atoms with Crippen molar-refractivity contribution in [1.29, 1.82) is 0 Å². The second kappa shape index (κ2) is 7.58. The van der Waals surface area contributed by atoms with Crippen molar-refractivity contribution in [3.05, 3.63) is 77.7 Å². The van der Waals surface area contributed by atoms with Gasteiger partial charge in [-0.25, -0.2) is 0 Å². The second-order valence-electron chi connectivity index (χ2n) is 6.58. The molecule has 0 bridgehead atoms. The van der Waals surface area contributed by atoms with Gasteiger partial charge >= 0.3 is 0 Å². The Hall–Kier alpha value is -3.21. The van der Waals surface area contributed by atoms with E-state index >= 15 is 0 Å². The Bertz CT molecular complexity index is 916. The molecule has 5 heteroatoms. The van der Waals surface area contributed by atoms with Gasteiger partial charge in [-0.05, 0) is 55.3 Å². The zero-order valence-electron chi connectivity index (χ0n) is 15.2. The van der Waals surface area contributed by atoms with Gasteiger partial charge in [0.2, 0.25) is 12.7 Å². The quantitative estimate of drug-likeness (QED) is 0.648. The Balaban J connectivity index is 1.48. The molecule has 27 heavy (non-hydrogen) atoms. The van der Waals surface area contributed by atoms with Crippen molar-refractivity contribution in [2.45, 2.75) is 26.3 Å². The lowest BCUT2D eigenvalue weighted by Gasteiger charge is -2.22. The number of hydrogen-bond donors (Lipinski definition) is 0. The fraction of sp³-hybridized carbons (Fsp3) is 0.227. The van der Waals surface area contributed by atoms with Crippen LogP contribution in [0.15, 0.2) is 65.3 Å². The van der Waals surface area contributed by atoms with Crippen LogP contribution in [0.4, 0.5) is 5.69 Å². The van der Waals surface area contributed by atoms with Crippen molar-refractivity contribution in [2.75, 3.05) is 11.7 Å². The minimum atomic E-state index is 0.0490. The van der Waals surface area contributed by atoms with Gasteiger partial charge in [-0.3, -0.25) is 4.79 Å². The number of aryl methyl sites for hydroxylation is 2. The molecule has 3 aromatic rings. The Morgan fingerprint density at radius 1 is 1.04 bits per heavy atom. The molecule has 138 valence electrons. The number of amides is 1. The van der Waals surface area contributed by atoms with E-state index in [9.17, 15) is 4.79 Å². The van der Waals surface area contributed by atoms with Gasteiger partial charge in [-0.15, -0.1) is 0 Å². The molecule has 0 radical (unpaired) electrons. The van der Waals surface area contributed by atoms with Gasteiger partial charge in [0.15, 0.2) is 11.5 Å². The highest BCUT2D eigenvalue weighted by Crippen LogP contribution is 2.33. The number of rotatable bonds is 6. The average molecular weight is 363 g/mol. The molecule has 1 amide bonds. The summed E-state index contributed by atoms with van der Waals surface area (Å²) in [6, 6.07) is 17.5. The third kappa shape index (κ3) is 3.97. The number of furan rings is 1. The molecule has 2 heterocycles. The smallest absolute Gasteiger partial charge is 0.231 e. The highest BCUT2D eigenvalue weighted by atomic mass is 16.7. The summed E-state index contributed by atoms with van der Waals surface area (Å²) < 4.78 is 16.2. The topological polar surface area (TPSA) is 51.9 Å². The van der Waals surface area contributed by atoms with Gasteiger partial charge in [0, 0.05) is 12.1 Å². The third-order valence-electron chi connectivity index (χ3n) is 4.61. The molecule has 0 aliphatic carbocycles. The summed E-state index contributed by atoms with van der Waals surface area (Å²) in [5, 5.41) is 0. The molecule has 1 aliphatic rings. The first-order valence-corrected chi connectivity index (χ1v) is 8.97. The number of carbonyl (C=O) groups excluding carboxylic acids is 1. The van der Waals surface area contributed by atoms with E-state index in [1.165, 1.54) is 0 Å². The summed E-state index contributed by atoms with van der Waals surface area (Å²) >= 11 is 0. The van der Waals surface area contributed by atoms with Gasteiger partial charge < -0.3 is 18.8 Å². The molecule has 0 spiro atoms. The molecule has 1 aromatic heterocycles. The summed E-state index contributed by atoms with van der Waals surface area (Å²) in [4.78, 5) is 14.8. The maximum Gasteiger partial charge on any atom is 0.231 e. The summed E-state index contributed by atoms with van der Waals surface area (Å²) in [5.74, 6) is 2.30. The molecule has 0 N–H and O–H groups in total. The average Bonchev–Trinajstić information content (AvgIpc) is 3.36. The fourth-order valence-corrected chi connectivity index (χ4v) is 3.09. The number of fused-ring (bicyclic) bond motifs is 1. The molecule has 4 rings (SSSR count). The normalized spacial score (nSPS) is 12.2. The van der Waals surface area contributed by atoms with Crippen LogP contribution in [0.25, 0.3) is 0 Å². The van der Waals surface area contributed by atoms with E-state index in [-0.39, 0.29) is 12.7 Å². The lowest BCUT2D eigenvalue weighted by atomic mass is 10.1. The van der Waals surface area contributed by atoms with Crippen molar-refractivity contribution in [3.8, 4) is 11.5 Å². The number of benzene rings is 2. The lowest BCUT2D eigenvalue weighted by molar-refractivity contribution is -0.118. The van der Waals surface area contributed by atoms with Crippen LogP contribution in [0, 0.1) is 6.92 Å². The maximum absolute atomic E-state index is 13.0. The van der Waals surface area contributed by atoms with Gasteiger partial charge in [0.1, 0.15) is 5.76 Å². The van der Waals surface area contributed by atoms with E-state index < -0.39 is 0 Å². The predicted octanol–water partition coefficient (Wildman–Crippen LogP) is 4.48. The van der Waals surface area contributed by atoms with Gasteiger partial charge in [-0.2, -0.15) is 0 Å². The van der Waals surface area contributed by atoms with Gasteiger partial charge in [0.25, 0.3) is 0 Å². The number of ether oxygens (including phenoxy) is 2. The van der Waals surface area contributed by atoms with E-state index in [0.717, 1.165) is 34.1 Å². The fourth-order valence-electron chi connectivity index (χ4n) is 3.09. The Labute approximate surface area is 158 Å². The highest BCUT2D eigenvalue weighted by molar-refractivity contribution is 5.93. The summed E-state index contributed by atoms with van der Waals surface area (Å²) in [7, 11) is 0. The van der Waals surface area contributed by atoms with E-state index in [0.29, 0.717) is 19.4 Å². The first-order valence-electron chi connectivity index (χ1n) is 8.97. The molecule has 1 aliphatic heterocycles. The minimum absolute atomic E-state index is 0.0490. The van der Waals surface area contributed by atoms with Crippen LogP contribution in [-0.2, 0) is 17.8 Å². The zero-order chi connectivity index (χ0) is 18.6. The van der Waals surface area contributed by atoms with Crippen LogP contribution in [-0.4, -0.2) is 12.7 Å². The zero-order valence-corrected chi connectivity index (χ0v) is 15.2. The first kappa shape index (κ1) is 17.2. The number of carbonyl (C=O) groups is 1. The number of anilines is 1. The molecule has 2 aromatic carbocycles. The van der Waals surface area contributed by atoms with Crippen LogP contribution in [0.2, 0.25) is 0 Å². The molecule has 0 saturated heterocycles. The molecular formula is C22H21NO4. The molecule has 0 saturated carbocycles. The van der Waals surface area contributed by atoms with Crippen LogP contribution in [0.5, 0.6) is 11.5 Å². The standard InChI is InChI=1S/C22H21NO4/c1-16-4-8-18(9-5-16)23(14-19-3-2-12-25-19)22(24)11-7-17-6-10-20-21(13-17)27-15-26-20/h2-6,8-10,12-13H,7,11,14-15H2,1H3. The number of hydrogen-bond acceptors (Lipinski definition) is 4. The van der Waals surface area contributed by atoms with Crippen LogP contribution >= 0.6 is 0 Å². The molecule has 0 atom stereocenters. The molecule has 0 fully saturated rings. The van der Waals surface area contributed by atoms with Crippen molar-refractivity contribution in [3.63, 3.8) is 0 Å². The molecule has 0 unspecified atom stereocenters. The minimum Gasteiger partial charge on any atom is -0.467 e. The predicted molar refractivity (Wildman–Crippen MR) is 102 cm³/mol. The van der Waals surface area contributed by atoms with E-state index in [1.807, 2.05) is 61.5 Å². The Morgan fingerprint density at radius 3 is 2.63 bits per heavy atom. The van der Waals surface area contributed by atoms with Crippen molar-refractivity contribution < 1.29 is 18.7 Å². The summed E-state index contributed by atoms with van der Waals surface area (Å²) in [6.45, 7) is 2.69. The van der Waals surface area contributed by atoms with Gasteiger partial charge in [0.05, 0.1) is 12.8 Å². The first-order chi connectivity index (χ1) is 13.2. The van der Waals surface area contributed by atoms with E-state index in [1.54, 1.807) is 11.2 Å². The molecular weight excluding hydrogens is 342 g/mol. The SMILES string of the molecule is Cc1ccc(N(Cc2ccco2)C(=O)CCc2ccc3c(c2)OCO3)cc1. The van der Waals surface area contributed by atoms with Crippen molar-refractivity contribution in [1.82, 2.24) is 0 Å². The lowest BCUT2D eigenvalue weighted by Crippen LogP contribution is -2.30. The van der Waals surface area contributed by atoms with Crippen LogP contribution < -0.4 is 14.4 Å². The van der Waals surface area contributed by atoms with Crippen molar-refractivity contribution >= 4 is 11.6 Å². The van der Waals surface area contributed by atoms with E-state index in [4.69, 9.17) is 13.9 Å². The second-order valence-corrected chi connectivity index (χ2v) is 6.58. The van der Waals surface area contributed by atoms with Crippen molar-refractivity contribution in [2.24, 2.45) is 0 Å². The number of nitrogens with zero attached hydrogens (tertiary/aromatic N) is 1. The Kier molecular flexibility index (Phi) is 4.83. The highest BCUT2D eigenvalue weighted by Gasteiger charge is 2.19. The summed E-state index contributed by atoms with van der Waals surface area (Å²) in [6.07, 6.45) is 2.66. The summed E-state index contributed by atoms with van der Waals surface area (Å²) in [5.41, 5.74) is 3.08.